The van der Waals surface area contributed by atoms with Crippen molar-refractivity contribution in [2.45, 2.75) is 19.3 Å². The van der Waals surface area contributed by atoms with E-state index in [0.717, 1.165) is 15.6 Å². The van der Waals surface area contributed by atoms with Crippen LogP contribution in [0.2, 0.25) is 0 Å². The van der Waals surface area contributed by atoms with Crippen molar-refractivity contribution < 1.29 is 4.79 Å². The van der Waals surface area contributed by atoms with Gasteiger partial charge in [-0.1, -0.05) is 48.5 Å². The van der Waals surface area contributed by atoms with Gasteiger partial charge in [0, 0.05) is 15.1 Å². The van der Waals surface area contributed by atoms with E-state index in [0.29, 0.717) is 11.7 Å². The van der Waals surface area contributed by atoms with Gasteiger partial charge >= 0.3 is 0 Å². The third-order valence-corrected chi connectivity index (χ3v) is 5.24. The molecule has 0 N–H and O–H groups in total. The zero-order chi connectivity index (χ0) is 13.4. The van der Waals surface area contributed by atoms with Gasteiger partial charge in [-0.05, 0) is 53.0 Å². The lowest BCUT2D eigenvalue weighted by Crippen LogP contribution is -2.06. The van der Waals surface area contributed by atoms with Gasteiger partial charge in [0.2, 0.25) is 0 Å². The second-order valence-corrected chi connectivity index (χ2v) is 6.24. The van der Waals surface area contributed by atoms with Crippen molar-refractivity contribution >= 4 is 28.4 Å². The second kappa shape index (κ2) is 5.08. The lowest BCUT2D eigenvalue weighted by molar-refractivity contribution is 0.0964. The summed E-state index contributed by atoms with van der Waals surface area (Å²) in [6, 6.07) is 16.4. The Morgan fingerprint density at radius 1 is 1.11 bits per heavy atom. The van der Waals surface area contributed by atoms with Crippen LogP contribution in [-0.4, -0.2) is 5.78 Å². The van der Waals surface area contributed by atoms with E-state index in [4.69, 9.17) is 0 Å². The molecule has 1 aliphatic rings. The number of Topliss-reactive ketones (excluding diaryl/α,β-unsaturated/α-hetero) is 1. The molecule has 2 aromatic carbocycles. The van der Waals surface area contributed by atoms with E-state index in [1.54, 1.807) is 0 Å². The number of rotatable bonds is 3. The second-order valence-electron chi connectivity index (χ2n) is 5.16. The summed E-state index contributed by atoms with van der Waals surface area (Å²) in [4.78, 5) is 12.6. The van der Waals surface area contributed by atoms with Crippen LogP contribution in [-0.2, 0) is 0 Å². The molecule has 3 rings (SSSR count). The number of hydrogen-bond donors (Lipinski definition) is 0. The molecule has 2 aromatic rings. The third-order valence-electron chi connectivity index (χ3n) is 3.81. The number of aryl methyl sites for hydroxylation is 1. The summed E-state index contributed by atoms with van der Waals surface area (Å²) in [5.74, 6) is 0.907. The van der Waals surface area contributed by atoms with Gasteiger partial charge in [0.15, 0.2) is 5.78 Å². The summed E-state index contributed by atoms with van der Waals surface area (Å²) in [7, 11) is 0. The quantitative estimate of drug-likeness (QED) is 0.577. The number of carbonyl (C=O) groups is 1. The van der Waals surface area contributed by atoms with Crippen molar-refractivity contribution in [1.82, 2.24) is 0 Å². The number of ketones is 1. The molecule has 0 aromatic heterocycles. The largest absolute Gasteiger partial charge is 0.294 e. The first-order chi connectivity index (χ1) is 9.18. The van der Waals surface area contributed by atoms with Crippen LogP contribution in [0, 0.1) is 16.4 Å². The maximum atomic E-state index is 12.6. The Bertz CT molecular complexity index is 618. The Hall–Kier alpha value is -1.16. The highest BCUT2D eigenvalue weighted by Gasteiger charge is 2.44. The number of halogens is 1. The molecule has 19 heavy (non-hydrogen) atoms. The van der Waals surface area contributed by atoms with E-state index in [9.17, 15) is 4.79 Å². The maximum Gasteiger partial charge on any atom is 0.167 e. The fourth-order valence-corrected chi connectivity index (χ4v) is 3.22. The van der Waals surface area contributed by atoms with Crippen molar-refractivity contribution in [2.75, 3.05) is 0 Å². The molecule has 1 saturated carbocycles. The van der Waals surface area contributed by atoms with Gasteiger partial charge in [-0.15, -0.1) is 0 Å². The molecule has 1 aliphatic carbocycles. The molecule has 0 aliphatic heterocycles. The minimum atomic E-state index is 0.178. The molecule has 0 amide bonds. The summed E-state index contributed by atoms with van der Waals surface area (Å²) in [5.41, 5.74) is 3.37. The molecule has 0 saturated heterocycles. The standard InChI is InChI=1S/C17H15IO/c1-11-6-5-9-13(16(11)18)17(19)15-10-14(15)12-7-3-2-4-8-12/h2-9,14-15H,10H2,1H3. The first kappa shape index (κ1) is 12.9. The number of benzene rings is 2. The van der Waals surface area contributed by atoms with Gasteiger partial charge in [0.25, 0.3) is 0 Å². The molecule has 1 nitrogen and oxygen atoms in total. The van der Waals surface area contributed by atoms with E-state index in [1.165, 1.54) is 11.1 Å². The normalized spacial score (nSPS) is 21.2. The zero-order valence-corrected chi connectivity index (χ0v) is 12.9. The summed E-state index contributed by atoms with van der Waals surface area (Å²) in [5, 5.41) is 0. The third kappa shape index (κ3) is 2.46. The molecule has 2 atom stereocenters. The minimum Gasteiger partial charge on any atom is -0.294 e. The predicted octanol–water partition coefficient (Wildman–Crippen LogP) is 4.59. The van der Waals surface area contributed by atoms with Gasteiger partial charge in [-0.25, -0.2) is 0 Å². The highest BCUT2D eigenvalue weighted by atomic mass is 127. The predicted molar refractivity (Wildman–Crippen MR) is 85.5 cm³/mol. The first-order valence-corrected chi connectivity index (χ1v) is 7.60. The van der Waals surface area contributed by atoms with Crippen molar-refractivity contribution in [3.63, 3.8) is 0 Å². The van der Waals surface area contributed by atoms with Gasteiger partial charge in [0.05, 0.1) is 0 Å². The molecule has 96 valence electrons. The Labute approximate surface area is 127 Å². The van der Waals surface area contributed by atoms with Crippen LogP contribution in [0.4, 0.5) is 0 Å². The van der Waals surface area contributed by atoms with E-state index >= 15 is 0 Å². The molecule has 2 heteroatoms. The fraction of sp³-hybridized carbons (Fsp3) is 0.235. The van der Waals surface area contributed by atoms with E-state index < -0.39 is 0 Å². The SMILES string of the molecule is Cc1cccc(C(=O)C2CC2c2ccccc2)c1I. The van der Waals surface area contributed by atoms with Crippen molar-refractivity contribution in [3.8, 4) is 0 Å². The molecule has 0 heterocycles. The van der Waals surface area contributed by atoms with Crippen molar-refractivity contribution in [3.05, 3.63) is 68.8 Å². The van der Waals surface area contributed by atoms with Gasteiger partial charge in [-0.3, -0.25) is 4.79 Å². The Kier molecular flexibility index (Phi) is 3.44. The maximum absolute atomic E-state index is 12.6. The smallest absolute Gasteiger partial charge is 0.167 e. The van der Waals surface area contributed by atoms with E-state index in [1.807, 2.05) is 30.3 Å². The van der Waals surface area contributed by atoms with Crippen molar-refractivity contribution in [2.24, 2.45) is 5.92 Å². The zero-order valence-electron chi connectivity index (χ0n) is 10.8. The molecule has 2 unspecified atom stereocenters. The van der Waals surface area contributed by atoms with Crippen LogP contribution in [0.1, 0.15) is 33.8 Å². The Morgan fingerprint density at radius 2 is 1.84 bits per heavy atom. The van der Waals surface area contributed by atoms with Crippen LogP contribution in [0.25, 0.3) is 0 Å². The number of hydrogen-bond acceptors (Lipinski definition) is 1. The molecule has 0 spiro atoms. The molecular formula is C17H15IO. The van der Waals surface area contributed by atoms with Crippen LogP contribution >= 0.6 is 22.6 Å². The summed E-state index contributed by atoms with van der Waals surface area (Å²) < 4.78 is 1.10. The summed E-state index contributed by atoms with van der Waals surface area (Å²) in [6.45, 7) is 2.06. The summed E-state index contributed by atoms with van der Waals surface area (Å²) >= 11 is 2.28. The minimum absolute atomic E-state index is 0.178. The average Bonchev–Trinajstić information content (AvgIpc) is 3.22. The summed E-state index contributed by atoms with van der Waals surface area (Å²) in [6.07, 6.45) is 0.993. The lowest BCUT2D eigenvalue weighted by atomic mass is 10.0. The number of carbonyl (C=O) groups excluding carboxylic acids is 1. The van der Waals surface area contributed by atoms with Gasteiger partial charge in [0.1, 0.15) is 0 Å². The van der Waals surface area contributed by atoms with Crippen LogP contribution in [0.15, 0.2) is 48.5 Å². The topological polar surface area (TPSA) is 17.1 Å². The van der Waals surface area contributed by atoms with E-state index in [-0.39, 0.29) is 5.92 Å². The lowest BCUT2D eigenvalue weighted by Gasteiger charge is -2.06. The highest BCUT2D eigenvalue weighted by molar-refractivity contribution is 14.1. The Balaban J connectivity index is 1.82. The first-order valence-electron chi connectivity index (χ1n) is 6.52. The monoisotopic (exact) mass is 362 g/mol. The average molecular weight is 362 g/mol. The van der Waals surface area contributed by atoms with E-state index in [2.05, 4.69) is 47.7 Å². The van der Waals surface area contributed by atoms with Crippen LogP contribution < -0.4 is 0 Å². The highest BCUT2D eigenvalue weighted by Crippen LogP contribution is 2.49. The Morgan fingerprint density at radius 3 is 2.58 bits per heavy atom. The molecule has 1 fully saturated rings. The van der Waals surface area contributed by atoms with Crippen LogP contribution in [0.5, 0.6) is 0 Å². The van der Waals surface area contributed by atoms with Gasteiger partial charge < -0.3 is 0 Å². The molecule has 0 radical (unpaired) electrons. The molecular weight excluding hydrogens is 347 g/mol. The molecule has 0 bridgehead atoms. The van der Waals surface area contributed by atoms with Crippen molar-refractivity contribution in [1.29, 1.82) is 0 Å². The van der Waals surface area contributed by atoms with Gasteiger partial charge in [-0.2, -0.15) is 0 Å². The fourth-order valence-electron chi connectivity index (χ4n) is 2.59. The van der Waals surface area contributed by atoms with Crippen LogP contribution in [0.3, 0.4) is 0 Å².